The second kappa shape index (κ2) is 12.1. The number of carbonyl (C=O) groups excluding carboxylic acids is 2. The van der Waals surface area contributed by atoms with Crippen LogP contribution < -0.4 is 5.32 Å². The van der Waals surface area contributed by atoms with Crippen molar-refractivity contribution in [2.75, 3.05) is 18.4 Å². The first-order valence-corrected chi connectivity index (χ1v) is 11.8. The van der Waals surface area contributed by atoms with Gasteiger partial charge >= 0.3 is 6.03 Å². The van der Waals surface area contributed by atoms with Crippen LogP contribution in [0.15, 0.2) is 77.4 Å². The fraction of sp³-hybridized carbons (Fsp3) is 0.357. The average molecular weight is 462 g/mol. The summed E-state index contributed by atoms with van der Waals surface area (Å²) in [6.45, 7) is 8.97. The minimum absolute atomic E-state index is 0.0108. The molecule has 0 atom stereocenters. The third-order valence-corrected chi connectivity index (χ3v) is 5.81. The molecular weight excluding hydrogens is 426 g/mol. The Balaban J connectivity index is 1.68. The van der Waals surface area contributed by atoms with E-state index in [0.29, 0.717) is 30.5 Å². The van der Waals surface area contributed by atoms with Crippen molar-refractivity contribution in [3.8, 4) is 0 Å². The molecule has 1 aromatic heterocycles. The van der Waals surface area contributed by atoms with Crippen LogP contribution in [0, 0.1) is 0 Å². The molecule has 0 fully saturated rings. The smallest absolute Gasteiger partial charge is 0.322 e. The van der Waals surface area contributed by atoms with Crippen molar-refractivity contribution in [1.29, 1.82) is 0 Å². The quantitative estimate of drug-likeness (QED) is 0.408. The van der Waals surface area contributed by atoms with E-state index in [1.165, 1.54) is 5.56 Å². The monoisotopic (exact) mass is 461 g/mol. The molecule has 6 nitrogen and oxygen atoms in total. The van der Waals surface area contributed by atoms with Crippen molar-refractivity contribution in [2.45, 2.75) is 52.6 Å². The van der Waals surface area contributed by atoms with E-state index in [9.17, 15) is 9.59 Å². The van der Waals surface area contributed by atoms with Crippen LogP contribution in [0.3, 0.4) is 0 Å². The van der Waals surface area contributed by atoms with Crippen LogP contribution in [0.4, 0.5) is 10.5 Å². The highest BCUT2D eigenvalue weighted by atomic mass is 16.3. The number of amides is 3. The van der Waals surface area contributed by atoms with Gasteiger partial charge in [0, 0.05) is 18.3 Å². The molecule has 0 unspecified atom stereocenters. The van der Waals surface area contributed by atoms with Gasteiger partial charge in [-0.2, -0.15) is 0 Å². The number of nitrogens with zero attached hydrogens (tertiary/aromatic N) is 2. The standard InChI is InChI=1S/C28H35N3O3/c1-21(2)24-12-14-25(15-13-24)29-28(33)31(22(3)4)20-27(32)30(19-26-11-8-18-34-26)17-16-23-9-6-5-7-10-23/h5-15,18,21-22H,16-17,19-20H2,1-4H3,(H,29,33). The van der Waals surface area contributed by atoms with Crippen LogP contribution in [0.2, 0.25) is 0 Å². The van der Waals surface area contributed by atoms with Gasteiger partial charge in [0.2, 0.25) is 5.91 Å². The second-order valence-electron chi connectivity index (χ2n) is 9.06. The first-order chi connectivity index (χ1) is 16.3. The number of urea groups is 1. The van der Waals surface area contributed by atoms with Crippen LogP contribution in [-0.4, -0.2) is 40.9 Å². The van der Waals surface area contributed by atoms with E-state index in [1.807, 2.05) is 80.6 Å². The Bertz CT molecular complexity index is 1030. The van der Waals surface area contributed by atoms with Crippen molar-refractivity contribution in [3.05, 3.63) is 89.9 Å². The molecule has 2 aromatic carbocycles. The van der Waals surface area contributed by atoms with Crippen molar-refractivity contribution >= 4 is 17.6 Å². The van der Waals surface area contributed by atoms with Gasteiger partial charge in [-0.15, -0.1) is 0 Å². The molecule has 0 aliphatic rings. The van der Waals surface area contributed by atoms with Gasteiger partial charge in [0.25, 0.3) is 0 Å². The summed E-state index contributed by atoms with van der Waals surface area (Å²) in [5, 5.41) is 2.93. The lowest BCUT2D eigenvalue weighted by atomic mass is 10.0. The molecule has 3 amide bonds. The maximum Gasteiger partial charge on any atom is 0.322 e. The molecule has 1 N–H and O–H groups in total. The fourth-order valence-electron chi connectivity index (χ4n) is 3.67. The molecule has 0 saturated heterocycles. The number of rotatable bonds is 10. The van der Waals surface area contributed by atoms with Crippen molar-refractivity contribution in [1.82, 2.24) is 9.80 Å². The number of nitrogens with one attached hydrogen (secondary N) is 1. The van der Waals surface area contributed by atoms with Gasteiger partial charge in [-0.05, 0) is 61.6 Å². The molecule has 3 rings (SSSR count). The van der Waals surface area contributed by atoms with Gasteiger partial charge < -0.3 is 19.5 Å². The molecular formula is C28H35N3O3. The summed E-state index contributed by atoms with van der Waals surface area (Å²) < 4.78 is 5.48. The largest absolute Gasteiger partial charge is 0.467 e. The summed E-state index contributed by atoms with van der Waals surface area (Å²) in [6.07, 6.45) is 2.33. The van der Waals surface area contributed by atoms with Crippen LogP contribution in [0.5, 0.6) is 0 Å². The number of hydrogen-bond donors (Lipinski definition) is 1. The van der Waals surface area contributed by atoms with Crippen molar-refractivity contribution in [3.63, 3.8) is 0 Å². The molecule has 0 radical (unpaired) electrons. The third kappa shape index (κ3) is 7.24. The maximum absolute atomic E-state index is 13.3. The Morgan fingerprint density at radius 3 is 2.21 bits per heavy atom. The number of anilines is 1. The molecule has 0 saturated carbocycles. The third-order valence-electron chi connectivity index (χ3n) is 5.81. The normalized spacial score (nSPS) is 11.0. The van der Waals surface area contributed by atoms with E-state index in [4.69, 9.17) is 4.42 Å². The lowest BCUT2D eigenvalue weighted by molar-refractivity contribution is -0.133. The van der Waals surface area contributed by atoms with Gasteiger partial charge in [-0.25, -0.2) is 4.79 Å². The predicted molar refractivity (Wildman–Crippen MR) is 136 cm³/mol. The summed E-state index contributed by atoms with van der Waals surface area (Å²) >= 11 is 0. The lowest BCUT2D eigenvalue weighted by Gasteiger charge is -2.30. The SMILES string of the molecule is CC(C)c1ccc(NC(=O)N(CC(=O)N(CCc2ccccc2)Cc2ccco2)C(C)C)cc1. The molecule has 6 heteroatoms. The summed E-state index contributed by atoms with van der Waals surface area (Å²) in [4.78, 5) is 29.7. The molecule has 3 aromatic rings. The highest BCUT2D eigenvalue weighted by Gasteiger charge is 2.24. The van der Waals surface area contributed by atoms with Crippen molar-refractivity contribution in [2.24, 2.45) is 0 Å². The molecule has 0 spiro atoms. The van der Waals surface area contributed by atoms with Gasteiger partial charge in [-0.1, -0.05) is 56.3 Å². The zero-order chi connectivity index (χ0) is 24.5. The van der Waals surface area contributed by atoms with E-state index in [-0.39, 0.29) is 24.5 Å². The topological polar surface area (TPSA) is 65.8 Å². The van der Waals surface area contributed by atoms with Gasteiger partial charge in [0.15, 0.2) is 0 Å². The van der Waals surface area contributed by atoms with E-state index in [0.717, 1.165) is 12.0 Å². The summed E-state index contributed by atoms with van der Waals surface area (Å²) in [5.41, 5.74) is 3.08. The molecule has 180 valence electrons. The van der Waals surface area contributed by atoms with E-state index >= 15 is 0 Å². The van der Waals surface area contributed by atoms with Gasteiger partial charge in [0.05, 0.1) is 12.8 Å². The zero-order valence-corrected chi connectivity index (χ0v) is 20.5. The van der Waals surface area contributed by atoms with E-state index < -0.39 is 0 Å². The summed E-state index contributed by atoms with van der Waals surface area (Å²) in [7, 11) is 0. The molecule has 0 aliphatic carbocycles. The number of hydrogen-bond acceptors (Lipinski definition) is 3. The molecule has 0 bridgehead atoms. The molecule has 34 heavy (non-hydrogen) atoms. The molecule has 0 aliphatic heterocycles. The lowest BCUT2D eigenvalue weighted by Crippen LogP contribution is -2.47. The maximum atomic E-state index is 13.3. The highest BCUT2D eigenvalue weighted by Crippen LogP contribution is 2.18. The minimum Gasteiger partial charge on any atom is -0.467 e. The minimum atomic E-state index is -0.290. The Labute approximate surface area is 202 Å². The summed E-state index contributed by atoms with van der Waals surface area (Å²) in [6, 6.07) is 21.1. The average Bonchev–Trinajstić information content (AvgIpc) is 3.34. The van der Waals surface area contributed by atoms with Crippen LogP contribution >= 0.6 is 0 Å². The predicted octanol–water partition coefficient (Wildman–Crippen LogP) is 5.92. The Hall–Kier alpha value is -3.54. The Morgan fingerprint density at radius 2 is 1.62 bits per heavy atom. The van der Waals surface area contributed by atoms with Crippen LogP contribution in [-0.2, 0) is 17.8 Å². The Morgan fingerprint density at radius 1 is 0.912 bits per heavy atom. The Kier molecular flexibility index (Phi) is 8.91. The van der Waals surface area contributed by atoms with Gasteiger partial charge in [0.1, 0.15) is 12.3 Å². The summed E-state index contributed by atoms with van der Waals surface area (Å²) in [5.74, 6) is 1.02. The fourth-order valence-corrected chi connectivity index (χ4v) is 3.67. The number of carbonyl (C=O) groups is 2. The van der Waals surface area contributed by atoms with Crippen molar-refractivity contribution < 1.29 is 14.0 Å². The van der Waals surface area contributed by atoms with Crippen LogP contribution in [0.25, 0.3) is 0 Å². The zero-order valence-electron chi connectivity index (χ0n) is 20.5. The second-order valence-corrected chi connectivity index (χ2v) is 9.06. The number of furan rings is 1. The highest BCUT2D eigenvalue weighted by molar-refractivity contribution is 5.92. The van der Waals surface area contributed by atoms with Gasteiger partial charge in [-0.3, -0.25) is 4.79 Å². The number of benzene rings is 2. The first kappa shape index (κ1) is 25.1. The van der Waals surface area contributed by atoms with E-state index in [2.05, 4.69) is 19.2 Å². The molecule has 1 heterocycles. The first-order valence-electron chi connectivity index (χ1n) is 11.8. The van der Waals surface area contributed by atoms with E-state index in [1.54, 1.807) is 16.1 Å². The van der Waals surface area contributed by atoms with Crippen LogP contribution in [0.1, 0.15) is 50.5 Å².